The fraction of sp³-hybridized carbons (Fsp3) is 0.200. The summed E-state index contributed by atoms with van der Waals surface area (Å²) in [6.45, 7) is 14.1. The highest BCUT2D eigenvalue weighted by Crippen LogP contribution is 2.52. The Balaban J connectivity index is 2.04. The van der Waals surface area contributed by atoms with Crippen molar-refractivity contribution in [2.45, 2.75) is 26.7 Å². The van der Waals surface area contributed by atoms with Crippen LogP contribution < -0.4 is 9.30 Å². The molecule has 3 nitrogen and oxygen atoms in total. The molecule has 136 valence electrons. The van der Waals surface area contributed by atoms with E-state index < -0.39 is 0 Å². The Morgan fingerprint density at radius 2 is 1.82 bits per heavy atom. The molecule has 0 spiro atoms. The molecule has 28 heavy (non-hydrogen) atoms. The van der Waals surface area contributed by atoms with Crippen molar-refractivity contribution >= 4 is 27.2 Å². The Kier molecular flexibility index (Phi) is 3.48. The first-order chi connectivity index (χ1) is 13.5. The van der Waals surface area contributed by atoms with Crippen LogP contribution in [-0.2, 0) is 7.05 Å². The van der Waals surface area contributed by atoms with Crippen molar-refractivity contribution in [1.82, 2.24) is 0 Å². The predicted octanol–water partition coefficient (Wildman–Crippen LogP) is 6.57. The van der Waals surface area contributed by atoms with Crippen molar-refractivity contribution in [3.8, 4) is 22.8 Å². The van der Waals surface area contributed by atoms with Crippen molar-refractivity contribution in [2.24, 2.45) is 7.05 Å². The second kappa shape index (κ2) is 5.81. The molecule has 2 heterocycles. The zero-order chi connectivity index (χ0) is 19.6. The van der Waals surface area contributed by atoms with Crippen LogP contribution in [0.5, 0.6) is 11.5 Å². The number of nitrogens with zero attached hydrogens (tertiary/aromatic N) is 2. The minimum atomic E-state index is 0.314. The van der Waals surface area contributed by atoms with E-state index in [2.05, 4.69) is 73.8 Å². The van der Waals surface area contributed by atoms with Crippen LogP contribution in [0.2, 0.25) is 0 Å². The second-order valence-corrected chi connectivity index (χ2v) is 7.84. The molecule has 0 saturated carbocycles. The molecule has 1 aliphatic heterocycles. The minimum Gasteiger partial charge on any atom is -0.457 e. The van der Waals surface area contributed by atoms with Crippen LogP contribution in [0.3, 0.4) is 0 Å². The van der Waals surface area contributed by atoms with Gasteiger partial charge < -0.3 is 4.74 Å². The number of hydrogen-bond acceptors (Lipinski definition) is 1. The molecule has 0 bridgehead atoms. The first-order valence-electron chi connectivity index (χ1n) is 9.58. The number of rotatable bonds is 1. The molecule has 3 aromatic carbocycles. The highest BCUT2D eigenvalue weighted by atomic mass is 16.5. The number of benzene rings is 3. The van der Waals surface area contributed by atoms with Gasteiger partial charge in [-0.2, -0.15) is 0 Å². The summed E-state index contributed by atoms with van der Waals surface area (Å²) in [5, 5.41) is 4.64. The van der Waals surface area contributed by atoms with Gasteiger partial charge >= 0.3 is 0 Å². The summed E-state index contributed by atoms with van der Waals surface area (Å²) in [6, 6.07) is 14.5. The summed E-state index contributed by atoms with van der Waals surface area (Å²) in [5.41, 5.74) is 5.40. The molecule has 1 aromatic heterocycles. The van der Waals surface area contributed by atoms with Crippen molar-refractivity contribution in [2.75, 3.05) is 0 Å². The lowest BCUT2D eigenvalue weighted by Crippen LogP contribution is -2.32. The molecule has 0 unspecified atom stereocenters. The fourth-order valence-electron chi connectivity index (χ4n) is 4.58. The fourth-order valence-corrected chi connectivity index (χ4v) is 4.58. The van der Waals surface area contributed by atoms with Crippen LogP contribution in [-0.4, -0.2) is 0 Å². The van der Waals surface area contributed by atoms with Gasteiger partial charge in [-0.1, -0.05) is 38.1 Å². The standard InChI is InChI=1S/C25H21N2O/c1-14(2)21-19-9-7-6-8-18(19)15(3)22-24-23-16(10-11-27(24)5)12-17(26-4)13-20(23)28-25(21)22/h6-14H,1-3,5H3/q+1. The van der Waals surface area contributed by atoms with Crippen LogP contribution >= 0.6 is 0 Å². The maximum Gasteiger partial charge on any atom is 0.227 e. The van der Waals surface area contributed by atoms with E-state index in [1.807, 2.05) is 12.1 Å². The summed E-state index contributed by atoms with van der Waals surface area (Å²) >= 11 is 0. The molecule has 0 aliphatic carbocycles. The van der Waals surface area contributed by atoms with Gasteiger partial charge in [0.15, 0.2) is 11.9 Å². The van der Waals surface area contributed by atoms with E-state index in [1.54, 1.807) is 0 Å². The molecule has 0 amide bonds. The summed E-state index contributed by atoms with van der Waals surface area (Å²) in [6.07, 6.45) is 2.08. The van der Waals surface area contributed by atoms with Gasteiger partial charge in [-0.25, -0.2) is 9.41 Å². The molecule has 5 rings (SSSR count). The molecule has 0 radical (unpaired) electrons. The Morgan fingerprint density at radius 1 is 1.07 bits per heavy atom. The lowest BCUT2D eigenvalue weighted by Gasteiger charge is -2.26. The smallest absolute Gasteiger partial charge is 0.227 e. The van der Waals surface area contributed by atoms with Crippen LogP contribution in [0.1, 0.15) is 30.9 Å². The molecular weight excluding hydrogens is 344 g/mol. The van der Waals surface area contributed by atoms with Crippen LogP contribution in [0.25, 0.3) is 37.6 Å². The molecular formula is C25H21N2O+. The Bertz CT molecular complexity index is 1340. The molecule has 1 aliphatic rings. The number of hydrogen-bond donors (Lipinski definition) is 0. The van der Waals surface area contributed by atoms with Gasteiger partial charge in [0.25, 0.3) is 0 Å². The van der Waals surface area contributed by atoms with E-state index in [-0.39, 0.29) is 0 Å². The van der Waals surface area contributed by atoms with Gasteiger partial charge in [0, 0.05) is 11.6 Å². The van der Waals surface area contributed by atoms with E-state index in [0.29, 0.717) is 11.6 Å². The van der Waals surface area contributed by atoms with Crippen molar-refractivity contribution in [3.63, 3.8) is 0 Å². The zero-order valence-electron chi connectivity index (χ0n) is 16.5. The highest BCUT2D eigenvalue weighted by Gasteiger charge is 2.33. The van der Waals surface area contributed by atoms with Crippen LogP contribution in [0.4, 0.5) is 5.69 Å². The van der Waals surface area contributed by atoms with Gasteiger partial charge in [0.05, 0.1) is 17.5 Å². The quantitative estimate of drug-likeness (QED) is 0.242. The Hall–Kier alpha value is -3.38. The van der Waals surface area contributed by atoms with E-state index in [0.717, 1.165) is 28.0 Å². The number of ether oxygens (including phenoxy) is 1. The molecule has 3 heteroatoms. The van der Waals surface area contributed by atoms with Crippen molar-refractivity contribution in [1.29, 1.82) is 0 Å². The first-order valence-corrected chi connectivity index (χ1v) is 9.58. The topological polar surface area (TPSA) is 17.5 Å². The predicted molar refractivity (Wildman–Crippen MR) is 113 cm³/mol. The largest absolute Gasteiger partial charge is 0.457 e. The average Bonchev–Trinajstić information content (AvgIpc) is 2.69. The monoisotopic (exact) mass is 365 g/mol. The van der Waals surface area contributed by atoms with Crippen LogP contribution in [0.15, 0.2) is 48.7 Å². The lowest BCUT2D eigenvalue weighted by molar-refractivity contribution is -0.659. The van der Waals surface area contributed by atoms with Crippen molar-refractivity contribution in [3.05, 3.63) is 71.2 Å². The third kappa shape index (κ3) is 2.12. The number of aromatic nitrogens is 1. The van der Waals surface area contributed by atoms with E-state index >= 15 is 0 Å². The minimum absolute atomic E-state index is 0.314. The molecule has 4 aromatic rings. The maximum absolute atomic E-state index is 7.47. The lowest BCUT2D eigenvalue weighted by atomic mass is 9.85. The molecule has 0 fully saturated rings. The van der Waals surface area contributed by atoms with Gasteiger partial charge in [-0.05, 0) is 46.7 Å². The van der Waals surface area contributed by atoms with Crippen LogP contribution in [0, 0.1) is 13.5 Å². The van der Waals surface area contributed by atoms with Gasteiger partial charge in [0.1, 0.15) is 18.5 Å². The second-order valence-electron chi connectivity index (χ2n) is 7.84. The summed E-state index contributed by atoms with van der Waals surface area (Å²) in [7, 11) is 2.08. The number of aryl methyl sites for hydroxylation is 2. The van der Waals surface area contributed by atoms with E-state index in [1.165, 1.54) is 27.5 Å². The number of fused-ring (bicyclic) bond motifs is 3. The van der Waals surface area contributed by atoms with Gasteiger partial charge in [-0.3, -0.25) is 0 Å². The molecule has 0 N–H and O–H groups in total. The maximum atomic E-state index is 7.47. The highest BCUT2D eigenvalue weighted by molar-refractivity contribution is 6.07. The average molecular weight is 365 g/mol. The summed E-state index contributed by atoms with van der Waals surface area (Å²) in [5.74, 6) is 2.03. The molecule has 0 saturated heterocycles. The third-order valence-electron chi connectivity index (χ3n) is 5.81. The van der Waals surface area contributed by atoms with Crippen molar-refractivity contribution < 1.29 is 9.30 Å². The Morgan fingerprint density at radius 3 is 2.54 bits per heavy atom. The van der Waals surface area contributed by atoms with E-state index in [9.17, 15) is 0 Å². The SMILES string of the molecule is [C-]#[N+]c1cc2c3c([n+](C)ccc3c1)-c1c(c(C(C)C)c3ccccc3c1C)O2. The van der Waals surface area contributed by atoms with Gasteiger partial charge in [-0.15, -0.1) is 0 Å². The zero-order valence-corrected chi connectivity index (χ0v) is 16.5. The van der Waals surface area contributed by atoms with E-state index in [4.69, 9.17) is 11.3 Å². The molecule has 0 atom stereocenters. The Labute approximate surface area is 164 Å². The third-order valence-corrected chi connectivity index (χ3v) is 5.81. The first kappa shape index (κ1) is 16.8. The summed E-state index contributed by atoms with van der Waals surface area (Å²) in [4.78, 5) is 3.65. The van der Waals surface area contributed by atoms with Gasteiger partial charge in [0.2, 0.25) is 5.69 Å². The summed E-state index contributed by atoms with van der Waals surface area (Å²) < 4.78 is 8.75. The normalized spacial score (nSPS) is 12.1. The number of pyridine rings is 1.